The molecular formula is C28H30O12. The molecule has 3 aliphatic carbocycles. The van der Waals surface area contributed by atoms with Crippen LogP contribution < -0.4 is 0 Å². The Labute approximate surface area is 228 Å². The third kappa shape index (κ3) is 1.96. The monoisotopic (exact) mass is 558 g/mol. The molecule has 40 heavy (non-hydrogen) atoms. The molecule has 214 valence electrons. The van der Waals surface area contributed by atoms with Crippen molar-refractivity contribution >= 4 is 23.5 Å². The summed E-state index contributed by atoms with van der Waals surface area (Å²) in [7, 11) is 0. The van der Waals surface area contributed by atoms with Gasteiger partial charge in [0, 0.05) is 5.92 Å². The Morgan fingerprint density at radius 3 is 2.62 bits per heavy atom. The lowest BCUT2D eigenvalue weighted by Gasteiger charge is -2.63. The summed E-state index contributed by atoms with van der Waals surface area (Å²) in [5, 5.41) is 24.1. The zero-order chi connectivity index (χ0) is 28.0. The Bertz CT molecular complexity index is 1410. The van der Waals surface area contributed by atoms with Gasteiger partial charge in [-0.2, -0.15) is 4.89 Å². The van der Waals surface area contributed by atoms with Crippen LogP contribution in [0.3, 0.4) is 0 Å². The number of hydrogen-bond acceptors (Lipinski definition) is 12. The molecule has 12 nitrogen and oxygen atoms in total. The minimum Gasteiger partial charge on any atom is -0.458 e. The van der Waals surface area contributed by atoms with Gasteiger partial charge < -0.3 is 34.0 Å². The lowest BCUT2D eigenvalue weighted by Crippen LogP contribution is -2.79. The number of rotatable bonds is 0. The molecule has 0 radical (unpaired) electrons. The third-order valence-electron chi connectivity index (χ3n) is 12.9. The molecule has 2 saturated carbocycles. The van der Waals surface area contributed by atoms with E-state index in [1.165, 1.54) is 0 Å². The van der Waals surface area contributed by atoms with Gasteiger partial charge in [-0.05, 0) is 56.9 Å². The highest BCUT2D eigenvalue weighted by molar-refractivity contribution is 5.99. The van der Waals surface area contributed by atoms with E-state index in [4.69, 9.17) is 28.7 Å². The Morgan fingerprint density at radius 1 is 1.07 bits per heavy atom. The molecular weight excluding hydrogens is 528 g/mol. The number of carbonyl (C=O) groups is 4. The predicted molar refractivity (Wildman–Crippen MR) is 124 cm³/mol. The van der Waals surface area contributed by atoms with E-state index in [-0.39, 0.29) is 44.5 Å². The van der Waals surface area contributed by atoms with Gasteiger partial charge in [0.15, 0.2) is 28.2 Å². The van der Waals surface area contributed by atoms with Crippen LogP contribution in [0.4, 0.5) is 0 Å². The van der Waals surface area contributed by atoms with E-state index < -0.39 is 92.6 Å². The molecule has 0 aromatic carbocycles. The van der Waals surface area contributed by atoms with Crippen molar-refractivity contribution in [3.05, 3.63) is 11.8 Å². The number of hydrogen-bond donors (Lipinski definition) is 2. The number of carbonyl (C=O) groups excluding carboxylic acids is 4. The lowest BCUT2D eigenvalue weighted by molar-refractivity contribution is -0.393. The summed E-state index contributed by atoms with van der Waals surface area (Å²) in [4.78, 5) is 67.1. The van der Waals surface area contributed by atoms with Gasteiger partial charge in [0.25, 0.3) is 0 Å². The van der Waals surface area contributed by atoms with Crippen LogP contribution in [-0.4, -0.2) is 80.7 Å². The SMILES string of the molecule is C[C@@]12C[C@@H]3OC(=O)[C@@H]1CO[C@]14O[C@]5(C2C1=O)[C@@](O)(CCC1C4C[C@H](O)[C@@]24C=C(CC(=O)[C@]12C)OO4)C(=O)O[C@@]35C. The zero-order valence-electron chi connectivity index (χ0n) is 22.3. The summed E-state index contributed by atoms with van der Waals surface area (Å²) in [6.45, 7) is 4.85. The van der Waals surface area contributed by atoms with Crippen molar-refractivity contribution in [2.75, 3.05) is 6.61 Å². The molecule has 7 fully saturated rings. The first kappa shape index (κ1) is 24.2. The van der Waals surface area contributed by atoms with Crippen molar-refractivity contribution in [1.29, 1.82) is 0 Å². The summed E-state index contributed by atoms with van der Waals surface area (Å²) in [6, 6.07) is 0. The smallest absolute Gasteiger partial charge is 0.342 e. The second kappa shape index (κ2) is 6.34. The van der Waals surface area contributed by atoms with E-state index in [1.807, 2.05) is 0 Å². The quantitative estimate of drug-likeness (QED) is 0.303. The van der Waals surface area contributed by atoms with Gasteiger partial charge in [0.2, 0.25) is 5.79 Å². The Morgan fingerprint density at radius 2 is 1.85 bits per heavy atom. The van der Waals surface area contributed by atoms with Crippen LogP contribution >= 0.6 is 0 Å². The molecule has 3 spiro atoms. The Balaban J connectivity index is 1.33. The fraction of sp³-hybridized carbons (Fsp3) is 0.786. The first-order chi connectivity index (χ1) is 18.8. The number of aliphatic hydroxyl groups is 2. The highest BCUT2D eigenvalue weighted by atomic mass is 17.2. The fourth-order valence-electron chi connectivity index (χ4n) is 10.9. The number of aliphatic hydroxyl groups excluding tert-OH is 1. The van der Waals surface area contributed by atoms with Gasteiger partial charge in [0.1, 0.15) is 17.6 Å². The van der Waals surface area contributed by atoms with E-state index in [0.717, 1.165) is 0 Å². The maximum Gasteiger partial charge on any atom is 0.342 e. The third-order valence-corrected chi connectivity index (χ3v) is 12.9. The number of esters is 2. The largest absolute Gasteiger partial charge is 0.458 e. The molecule has 5 saturated heterocycles. The average Bonchev–Trinajstić information content (AvgIpc) is 3.43. The van der Waals surface area contributed by atoms with Gasteiger partial charge >= 0.3 is 11.9 Å². The number of ether oxygens (including phenoxy) is 4. The Hall–Kier alpha value is -2.38. The summed E-state index contributed by atoms with van der Waals surface area (Å²) in [6.07, 6.45) is -0.545. The van der Waals surface area contributed by atoms with Gasteiger partial charge in [-0.3, -0.25) is 14.4 Å². The van der Waals surface area contributed by atoms with Crippen molar-refractivity contribution in [2.24, 2.45) is 34.5 Å². The maximum atomic E-state index is 15.0. The maximum absolute atomic E-state index is 15.0. The number of ketones is 2. The number of fused-ring (bicyclic) bond motifs is 4. The van der Waals surface area contributed by atoms with Crippen molar-refractivity contribution in [1.82, 2.24) is 0 Å². The molecule has 12 heteroatoms. The summed E-state index contributed by atoms with van der Waals surface area (Å²) >= 11 is 0. The highest BCUT2D eigenvalue weighted by Crippen LogP contribution is 2.76. The molecule has 13 atom stereocenters. The van der Waals surface area contributed by atoms with Crippen LogP contribution in [0.2, 0.25) is 0 Å². The van der Waals surface area contributed by atoms with E-state index >= 15 is 0 Å². The minimum atomic E-state index is -2.30. The van der Waals surface area contributed by atoms with Crippen LogP contribution in [-0.2, 0) is 47.9 Å². The van der Waals surface area contributed by atoms with Gasteiger partial charge in [-0.15, -0.1) is 0 Å². The molecule has 6 aliphatic heterocycles. The van der Waals surface area contributed by atoms with E-state index in [1.54, 1.807) is 26.8 Å². The molecule has 0 aromatic rings. The minimum absolute atomic E-state index is 0.0472. The molecule has 0 aromatic heterocycles. The van der Waals surface area contributed by atoms with Crippen molar-refractivity contribution in [2.45, 2.75) is 93.3 Å². The van der Waals surface area contributed by atoms with Gasteiger partial charge in [-0.25, -0.2) is 4.79 Å². The second-order valence-electron chi connectivity index (χ2n) is 14.0. The lowest BCUT2D eigenvalue weighted by atomic mass is 9.46. The standard InChI is InChI=1S/C28H30O12/c1-22-9-17-24(3)28-18(22)19(31)27(39-28,35-10-14(22)20(32)36-17)13-7-16(30)26-8-11(38-40-26)6-15(29)23(26,2)12(13)4-5-25(28,34)21(33)37-24/h8,12-14,16-18,30,34H,4-7,9-10H2,1-3H3/t12?,13?,14-,16-,17-,18?,22+,23-,24-,25+,26-,27+,28-/m0/s1. The van der Waals surface area contributed by atoms with Gasteiger partial charge in [0.05, 0.1) is 36.4 Å². The molecule has 3 unspecified atom stereocenters. The predicted octanol–water partition coefficient (Wildman–Crippen LogP) is 0.0198. The van der Waals surface area contributed by atoms with Gasteiger partial charge in [-0.1, -0.05) is 6.92 Å². The highest BCUT2D eigenvalue weighted by Gasteiger charge is 2.93. The first-order valence-corrected chi connectivity index (χ1v) is 14.1. The van der Waals surface area contributed by atoms with E-state index in [0.29, 0.717) is 5.76 Å². The van der Waals surface area contributed by atoms with E-state index in [9.17, 15) is 29.4 Å². The topological polar surface area (TPSA) is 164 Å². The summed E-state index contributed by atoms with van der Waals surface area (Å²) < 4.78 is 25.1. The van der Waals surface area contributed by atoms with Crippen molar-refractivity contribution < 1.29 is 58.1 Å². The molecule has 6 heterocycles. The molecule has 0 amide bonds. The summed E-state index contributed by atoms with van der Waals surface area (Å²) in [5.74, 6) is -7.61. The number of allylic oxidation sites excluding steroid dienone is 1. The molecule has 9 rings (SSSR count). The zero-order valence-corrected chi connectivity index (χ0v) is 22.3. The number of Topliss-reactive ketones (excluding diaryl/α,β-unsaturated/α-hetero) is 2. The fourth-order valence-corrected chi connectivity index (χ4v) is 10.9. The van der Waals surface area contributed by atoms with Crippen molar-refractivity contribution in [3.8, 4) is 0 Å². The first-order valence-electron chi connectivity index (χ1n) is 14.1. The molecule has 2 N–H and O–H groups in total. The van der Waals surface area contributed by atoms with Crippen LogP contribution in [0.15, 0.2) is 11.8 Å². The van der Waals surface area contributed by atoms with Crippen LogP contribution in [0.1, 0.15) is 52.9 Å². The average molecular weight is 559 g/mol. The van der Waals surface area contributed by atoms with E-state index in [2.05, 4.69) is 0 Å². The molecule has 7 bridgehead atoms. The van der Waals surface area contributed by atoms with Crippen LogP contribution in [0.25, 0.3) is 0 Å². The van der Waals surface area contributed by atoms with Crippen LogP contribution in [0, 0.1) is 34.5 Å². The second-order valence-corrected chi connectivity index (χ2v) is 14.0. The molecule has 9 aliphatic rings. The Kier molecular flexibility index (Phi) is 3.84. The van der Waals surface area contributed by atoms with Crippen LogP contribution in [0.5, 0.6) is 0 Å². The van der Waals surface area contributed by atoms with Crippen molar-refractivity contribution in [3.63, 3.8) is 0 Å². The normalized spacial score (nSPS) is 61.9. The summed E-state index contributed by atoms with van der Waals surface area (Å²) in [5.41, 5.74) is -9.87.